The molecule has 7 nitrogen and oxygen atoms in total. The van der Waals surface area contributed by atoms with Crippen LogP contribution in [-0.4, -0.2) is 64.1 Å². The zero-order chi connectivity index (χ0) is 15.5. The second kappa shape index (κ2) is 6.76. The Morgan fingerprint density at radius 3 is 2.86 bits per heavy atom. The number of hydrogen-bond acceptors (Lipinski definition) is 5. The number of piperidine rings is 1. The van der Waals surface area contributed by atoms with Crippen molar-refractivity contribution in [1.29, 1.82) is 0 Å². The van der Waals surface area contributed by atoms with Crippen molar-refractivity contribution in [3.8, 4) is 0 Å². The van der Waals surface area contributed by atoms with Crippen molar-refractivity contribution in [3.63, 3.8) is 0 Å². The fraction of sp³-hybridized carbons (Fsp3) is 0.733. The summed E-state index contributed by atoms with van der Waals surface area (Å²) >= 11 is 0. The Hall–Kier alpha value is -1.44. The van der Waals surface area contributed by atoms with E-state index in [0.717, 1.165) is 38.2 Å². The lowest BCUT2D eigenvalue weighted by atomic mass is 9.95. The molecular weight excluding hydrogens is 284 g/mol. The Bertz CT molecular complexity index is 511. The Morgan fingerprint density at radius 2 is 2.23 bits per heavy atom. The van der Waals surface area contributed by atoms with Gasteiger partial charge in [0.05, 0.1) is 37.2 Å². The molecule has 0 saturated carbocycles. The number of carbonyl (C=O) groups excluding carboxylic acids is 1. The van der Waals surface area contributed by atoms with Crippen LogP contribution in [0.15, 0.2) is 12.4 Å². The molecule has 7 heteroatoms. The average Bonchev–Trinajstić information content (AvgIpc) is 3.08. The molecule has 2 saturated heterocycles. The molecule has 3 heterocycles. The second-order valence-corrected chi connectivity index (χ2v) is 6.28. The van der Waals surface area contributed by atoms with Crippen LogP contribution in [0.4, 0.5) is 5.69 Å². The van der Waals surface area contributed by atoms with Crippen molar-refractivity contribution in [2.24, 2.45) is 5.92 Å². The minimum absolute atomic E-state index is 0.0785. The Kier molecular flexibility index (Phi) is 4.75. The van der Waals surface area contributed by atoms with Crippen LogP contribution in [0.2, 0.25) is 0 Å². The Labute approximate surface area is 130 Å². The lowest BCUT2D eigenvalue weighted by Crippen LogP contribution is -2.47. The smallest absolute Gasteiger partial charge is 0.221 e. The van der Waals surface area contributed by atoms with E-state index in [2.05, 4.69) is 15.3 Å². The number of likely N-dealkylation sites (tertiary alicyclic amines) is 1. The molecule has 1 amide bonds. The van der Waals surface area contributed by atoms with Gasteiger partial charge in [0.2, 0.25) is 5.91 Å². The monoisotopic (exact) mass is 308 g/mol. The maximum atomic E-state index is 11.0. The van der Waals surface area contributed by atoms with Gasteiger partial charge in [-0.25, -0.2) is 0 Å². The van der Waals surface area contributed by atoms with Crippen molar-refractivity contribution >= 4 is 11.6 Å². The summed E-state index contributed by atoms with van der Waals surface area (Å²) in [5.74, 6) is 0.506. The summed E-state index contributed by atoms with van der Waals surface area (Å²) in [6, 6.07) is 0.164. The van der Waals surface area contributed by atoms with E-state index in [1.165, 1.54) is 6.92 Å². The average molecular weight is 308 g/mol. The van der Waals surface area contributed by atoms with Gasteiger partial charge >= 0.3 is 0 Å². The molecule has 2 N–H and O–H groups in total. The van der Waals surface area contributed by atoms with Gasteiger partial charge in [-0.15, -0.1) is 0 Å². The first-order valence-electron chi connectivity index (χ1n) is 7.91. The molecular formula is C15H24N4O3. The molecule has 0 unspecified atom stereocenters. The number of aromatic nitrogens is 2. The highest BCUT2D eigenvalue weighted by molar-refractivity contribution is 5.88. The predicted octanol–water partition coefficient (Wildman–Crippen LogP) is 0.313. The third-order valence-corrected chi connectivity index (χ3v) is 4.54. The molecule has 0 aromatic carbocycles. The lowest BCUT2D eigenvalue weighted by Gasteiger charge is -2.36. The number of rotatable bonds is 4. The van der Waals surface area contributed by atoms with Crippen molar-refractivity contribution in [2.45, 2.75) is 38.5 Å². The first-order valence-corrected chi connectivity index (χ1v) is 7.91. The summed E-state index contributed by atoms with van der Waals surface area (Å²) in [4.78, 5) is 13.4. The number of nitrogens with one attached hydrogen (secondary N) is 1. The van der Waals surface area contributed by atoms with E-state index < -0.39 is 0 Å². The van der Waals surface area contributed by atoms with E-state index in [1.807, 2.05) is 10.9 Å². The number of anilines is 1. The van der Waals surface area contributed by atoms with E-state index in [-0.39, 0.29) is 18.1 Å². The lowest BCUT2D eigenvalue weighted by molar-refractivity contribution is -0.114. The Balaban J connectivity index is 1.47. The summed E-state index contributed by atoms with van der Waals surface area (Å²) in [6.07, 6.45) is 5.41. The molecule has 22 heavy (non-hydrogen) atoms. The Morgan fingerprint density at radius 1 is 1.45 bits per heavy atom. The molecule has 2 aliphatic rings. The van der Waals surface area contributed by atoms with E-state index in [0.29, 0.717) is 19.1 Å². The van der Waals surface area contributed by atoms with E-state index >= 15 is 0 Å². The van der Waals surface area contributed by atoms with Gasteiger partial charge in [0.25, 0.3) is 0 Å². The molecule has 2 aliphatic heterocycles. The van der Waals surface area contributed by atoms with Crippen molar-refractivity contribution < 1.29 is 14.6 Å². The summed E-state index contributed by atoms with van der Waals surface area (Å²) < 4.78 is 7.24. The van der Waals surface area contributed by atoms with Gasteiger partial charge < -0.3 is 15.2 Å². The number of amides is 1. The quantitative estimate of drug-likeness (QED) is 0.837. The number of aliphatic hydroxyl groups is 1. The van der Waals surface area contributed by atoms with Crippen LogP contribution in [0, 0.1) is 5.92 Å². The molecule has 2 fully saturated rings. The van der Waals surface area contributed by atoms with Crippen LogP contribution >= 0.6 is 0 Å². The van der Waals surface area contributed by atoms with Crippen molar-refractivity contribution in [2.75, 3.05) is 31.6 Å². The molecule has 0 aliphatic carbocycles. The molecule has 1 aromatic heterocycles. The van der Waals surface area contributed by atoms with Crippen LogP contribution in [0.25, 0.3) is 0 Å². The highest BCUT2D eigenvalue weighted by Crippen LogP contribution is 2.24. The predicted molar refractivity (Wildman–Crippen MR) is 81.4 cm³/mol. The van der Waals surface area contributed by atoms with Crippen LogP contribution in [0.1, 0.15) is 19.8 Å². The first kappa shape index (κ1) is 15.5. The second-order valence-electron chi connectivity index (χ2n) is 6.28. The first-order chi connectivity index (χ1) is 10.6. The minimum Gasteiger partial charge on any atom is -0.389 e. The molecule has 0 spiro atoms. The normalized spacial score (nSPS) is 27.2. The number of nitrogens with zero attached hydrogens (tertiary/aromatic N) is 3. The molecule has 0 bridgehead atoms. The van der Waals surface area contributed by atoms with Gasteiger partial charge in [0, 0.05) is 19.7 Å². The number of hydrogen-bond donors (Lipinski definition) is 2. The topological polar surface area (TPSA) is 79.6 Å². The third-order valence-electron chi connectivity index (χ3n) is 4.54. The standard InChI is InChI=1S/C15H24N4O3/c1-11(20)17-13-6-16-19(8-13)7-12-2-4-18(5-3-12)14-9-22-10-15(14)21/h6,8,12,14-15,21H,2-5,7,9-10H2,1H3,(H,17,20)/t14-,15+/m1/s1. The van der Waals surface area contributed by atoms with Crippen molar-refractivity contribution in [1.82, 2.24) is 14.7 Å². The van der Waals surface area contributed by atoms with Crippen LogP contribution in [0.3, 0.4) is 0 Å². The fourth-order valence-corrected chi connectivity index (χ4v) is 3.34. The van der Waals surface area contributed by atoms with Crippen molar-refractivity contribution in [3.05, 3.63) is 12.4 Å². The summed E-state index contributed by atoms with van der Waals surface area (Å²) in [6.45, 7) is 5.46. The zero-order valence-electron chi connectivity index (χ0n) is 12.9. The third kappa shape index (κ3) is 3.66. The molecule has 2 atom stereocenters. The summed E-state index contributed by atoms with van der Waals surface area (Å²) in [7, 11) is 0. The zero-order valence-corrected chi connectivity index (χ0v) is 12.9. The van der Waals surface area contributed by atoms with Crippen LogP contribution in [-0.2, 0) is 16.1 Å². The largest absolute Gasteiger partial charge is 0.389 e. The van der Waals surface area contributed by atoms with Gasteiger partial charge in [-0.3, -0.25) is 14.4 Å². The SMILES string of the molecule is CC(=O)Nc1cnn(CC2CCN([C@@H]3COC[C@@H]3O)CC2)c1. The highest BCUT2D eigenvalue weighted by atomic mass is 16.5. The maximum absolute atomic E-state index is 11.0. The minimum atomic E-state index is -0.345. The number of carbonyl (C=O) groups is 1. The van der Waals surface area contributed by atoms with Crippen LogP contribution < -0.4 is 5.32 Å². The number of ether oxygens (including phenoxy) is 1. The molecule has 3 rings (SSSR count). The van der Waals surface area contributed by atoms with E-state index in [4.69, 9.17) is 4.74 Å². The molecule has 0 radical (unpaired) electrons. The van der Waals surface area contributed by atoms with Gasteiger partial charge in [-0.1, -0.05) is 0 Å². The van der Waals surface area contributed by atoms with E-state index in [1.54, 1.807) is 6.20 Å². The number of aliphatic hydroxyl groups excluding tert-OH is 1. The van der Waals surface area contributed by atoms with Gasteiger partial charge in [-0.2, -0.15) is 5.10 Å². The van der Waals surface area contributed by atoms with Crippen LogP contribution in [0.5, 0.6) is 0 Å². The molecule has 1 aromatic rings. The van der Waals surface area contributed by atoms with Gasteiger partial charge in [-0.05, 0) is 31.8 Å². The molecule has 122 valence electrons. The van der Waals surface area contributed by atoms with Gasteiger partial charge in [0.15, 0.2) is 0 Å². The maximum Gasteiger partial charge on any atom is 0.221 e. The fourth-order valence-electron chi connectivity index (χ4n) is 3.34. The highest BCUT2D eigenvalue weighted by Gasteiger charge is 2.33. The van der Waals surface area contributed by atoms with E-state index in [9.17, 15) is 9.90 Å². The van der Waals surface area contributed by atoms with Gasteiger partial charge in [0.1, 0.15) is 0 Å². The summed E-state index contributed by atoms with van der Waals surface area (Å²) in [5, 5.41) is 16.9. The summed E-state index contributed by atoms with van der Waals surface area (Å²) in [5.41, 5.74) is 0.746.